The normalized spacial score (nSPS) is 11.9. The maximum atomic E-state index is 15.0. The van der Waals surface area contributed by atoms with Crippen molar-refractivity contribution in [2.24, 2.45) is 0 Å². The first-order valence-corrected chi connectivity index (χ1v) is 22.1. The topological polar surface area (TPSA) is 48.5 Å². The summed E-state index contributed by atoms with van der Waals surface area (Å²) in [5.74, 6) is 0.763. The average Bonchev–Trinajstić information content (AvgIpc) is 3.88. The highest BCUT2D eigenvalue weighted by Crippen LogP contribution is 2.42. The van der Waals surface area contributed by atoms with E-state index in [1.807, 2.05) is 115 Å². The maximum Gasteiger partial charge on any atom is 0.416 e. The van der Waals surface area contributed by atoms with Crippen LogP contribution in [0.2, 0.25) is 0 Å². The zero-order chi connectivity index (χ0) is 45.2. The van der Waals surface area contributed by atoms with Crippen LogP contribution < -0.4 is 0 Å². The summed E-state index contributed by atoms with van der Waals surface area (Å²) in [4.78, 5) is 15.5. The zero-order valence-corrected chi connectivity index (χ0v) is 36.1. The Morgan fingerprint density at radius 3 is 1.27 bits per heavy atom. The second-order valence-corrected chi connectivity index (χ2v) is 16.8. The molecular weight excluding hydrogens is 836 g/mol. The van der Waals surface area contributed by atoms with Crippen molar-refractivity contribution in [3.63, 3.8) is 0 Å². The molecule has 0 amide bonds. The van der Waals surface area contributed by atoms with Crippen LogP contribution in [0.5, 0.6) is 0 Å². The molecule has 0 unspecified atom stereocenters. The molecule has 8 heteroatoms. The van der Waals surface area contributed by atoms with Crippen molar-refractivity contribution in [2.75, 3.05) is 0 Å². The third-order valence-corrected chi connectivity index (χ3v) is 12.7. The van der Waals surface area contributed by atoms with Gasteiger partial charge in [-0.15, -0.1) is 0 Å². The lowest BCUT2D eigenvalue weighted by Gasteiger charge is -2.18. The van der Waals surface area contributed by atoms with Crippen molar-refractivity contribution >= 4 is 43.6 Å². The number of hydrogen-bond donors (Lipinski definition) is 0. The van der Waals surface area contributed by atoms with E-state index in [0.717, 1.165) is 83.2 Å². The van der Waals surface area contributed by atoms with Crippen LogP contribution in [-0.4, -0.2) is 24.1 Å². The fraction of sp³-hybridized carbons (Fsp3) is 0.0339. The summed E-state index contributed by atoms with van der Waals surface area (Å²) in [7, 11) is 0. The third-order valence-electron chi connectivity index (χ3n) is 12.7. The van der Waals surface area contributed by atoms with Gasteiger partial charge in [0.05, 0.1) is 39.0 Å². The van der Waals surface area contributed by atoms with E-state index in [2.05, 4.69) is 95.6 Å². The Morgan fingerprint density at radius 1 is 0.343 bits per heavy atom. The molecule has 0 N–H and O–H groups in total. The van der Waals surface area contributed by atoms with E-state index in [0.29, 0.717) is 28.5 Å². The molecular formula is C59H38F3N5. The quantitative estimate of drug-likeness (QED) is 0.160. The minimum atomic E-state index is -4.65. The minimum Gasteiger partial charge on any atom is -0.308 e. The Balaban J connectivity index is 1.15. The van der Waals surface area contributed by atoms with E-state index < -0.39 is 11.7 Å². The number of aryl methyl sites for hydroxylation is 1. The minimum absolute atomic E-state index is 0.108. The van der Waals surface area contributed by atoms with Crippen molar-refractivity contribution in [1.82, 2.24) is 24.1 Å². The van der Waals surface area contributed by atoms with Crippen molar-refractivity contribution in [1.29, 1.82) is 0 Å². The molecule has 0 saturated heterocycles. The van der Waals surface area contributed by atoms with E-state index >= 15 is 0 Å². The van der Waals surface area contributed by atoms with Gasteiger partial charge in [0, 0.05) is 38.2 Å². The Morgan fingerprint density at radius 2 is 0.761 bits per heavy atom. The third kappa shape index (κ3) is 6.93. The Bertz CT molecular complexity index is 3860. The molecule has 3 heterocycles. The van der Waals surface area contributed by atoms with Gasteiger partial charge in [-0.05, 0) is 83.8 Å². The lowest BCUT2D eigenvalue weighted by Crippen LogP contribution is -2.09. The molecule has 5 nitrogen and oxygen atoms in total. The van der Waals surface area contributed by atoms with E-state index in [9.17, 15) is 13.2 Å². The summed E-state index contributed by atoms with van der Waals surface area (Å²) in [6, 6.07) is 69.1. The number of fused-ring (bicyclic) bond motifs is 6. The van der Waals surface area contributed by atoms with Gasteiger partial charge in [0.1, 0.15) is 0 Å². The highest BCUT2D eigenvalue weighted by atomic mass is 19.4. The van der Waals surface area contributed by atoms with Gasteiger partial charge in [-0.1, -0.05) is 163 Å². The number of nitrogens with zero attached hydrogens (tertiary/aromatic N) is 5. The van der Waals surface area contributed by atoms with Gasteiger partial charge >= 0.3 is 6.18 Å². The maximum absolute atomic E-state index is 15.0. The fourth-order valence-electron chi connectivity index (χ4n) is 9.52. The number of benzene rings is 9. The van der Waals surface area contributed by atoms with Crippen LogP contribution in [0.4, 0.5) is 13.2 Å². The number of hydrogen-bond acceptors (Lipinski definition) is 3. The summed E-state index contributed by atoms with van der Waals surface area (Å²) < 4.78 is 49.2. The molecule has 0 aliphatic heterocycles. The summed E-state index contributed by atoms with van der Waals surface area (Å²) >= 11 is 0. The number of alkyl halides is 3. The second-order valence-electron chi connectivity index (χ2n) is 16.8. The largest absolute Gasteiger partial charge is 0.416 e. The van der Waals surface area contributed by atoms with Crippen LogP contribution in [-0.2, 0) is 6.18 Å². The molecule has 12 rings (SSSR count). The van der Waals surface area contributed by atoms with Gasteiger partial charge in [0.15, 0.2) is 17.5 Å². The van der Waals surface area contributed by atoms with Gasteiger partial charge in [0.2, 0.25) is 0 Å². The van der Waals surface area contributed by atoms with Gasteiger partial charge in [-0.2, -0.15) is 13.2 Å². The van der Waals surface area contributed by atoms with Crippen LogP contribution in [0, 0.1) is 6.92 Å². The number of rotatable bonds is 7. The lowest BCUT2D eigenvalue weighted by atomic mass is 10.0. The Labute approximate surface area is 383 Å². The molecule has 0 spiro atoms. The molecule has 0 saturated carbocycles. The highest BCUT2D eigenvalue weighted by Gasteiger charge is 2.32. The molecule has 320 valence electrons. The lowest BCUT2D eigenvalue weighted by molar-refractivity contribution is -0.137. The van der Waals surface area contributed by atoms with Gasteiger partial charge < -0.3 is 9.13 Å². The van der Waals surface area contributed by atoms with E-state index in [1.54, 1.807) is 6.07 Å². The first-order valence-electron chi connectivity index (χ1n) is 22.1. The van der Waals surface area contributed by atoms with E-state index in [1.165, 1.54) is 6.07 Å². The average molecular weight is 874 g/mol. The predicted octanol–water partition coefficient (Wildman–Crippen LogP) is 15.7. The van der Waals surface area contributed by atoms with Crippen LogP contribution in [0.3, 0.4) is 0 Å². The van der Waals surface area contributed by atoms with Gasteiger partial charge in [-0.3, -0.25) is 0 Å². The second kappa shape index (κ2) is 15.8. The monoisotopic (exact) mass is 873 g/mol. The van der Waals surface area contributed by atoms with E-state index in [4.69, 9.17) is 15.0 Å². The highest BCUT2D eigenvalue weighted by molar-refractivity contribution is 6.12. The smallest absolute Gasteiger partial charge is 0.308 e. The molecule has 0 aliphatic carbocycles. The van der Waals surface area contributed by atoms with Crippen molar-refractivity contribution in [2.45, 2.75) is 13.1 Å². The molecule has 0 fully saturated rings. The van der Waals surface area contributed by atoms with Crippen LogP contribution in [0.15, 0.2) is 212 Å². The van der Waals surface area contributed by atoms with Gasteiger partial charge in [-0.25, -0.2) is 15.0 Å². The van der Waals surface area contributed by atoms with Crippen LogP contribution in [0.25, 0.3) is 111 Å². The summed E-state index contributed by atoms with van der Waals surface area (Å²) in [5.41, 5.74) is 10.9. The molecule has 9 aromatic carbocycles. The zero-order valence-electron chi connectivity index (χ0n) is 36.1. The molecule has 0 bridgehead atoms. The van der Waals surface area contributed by atoms with Crippen molar-refractivity contribution in [3.05, 3.63) is 223 Å². The molecule has 3 aromatic heterocycles. The molecule has 0 atom stereocenters. The molecule has 12 aromatic rings. The first-order chi connectivity index (χ1) is 32.8. The summed E-state index contributed by atoms with van der Waals surface area (Å²) in [6.07, 6.45) is -4.65. The van der Waals surface area contributed by atoms with Gasteiger partial charge in [0.25, 0.3) is 0 Å². The van der Waals surface area contributed by atoms with Crippen molar-refractivity contribution < 1.29 is 13.2 Å². The molecule has 67 heavy (non-hydrogen) atoms. The molecule has 0 aliphatic rings. The molecule has 0 radical (unpaired) electrons. The Kier molecular flexibility index (Phi) is 9.43. The summed E-state index contributed by atoms with van der Waals surface area (Å²) in [6.45, 7) is 2.02. The fourth-order valence-corrected chi connectivity index (χ4v) is 9.52. The first kappa shape index (κ1) is 39.9. The predicted molar refractivity (Wildman–Crippen MR) is 265 cm³/mol. The number of halogens is 3. The standard InChI is InChI=1S/C59H38F3N5/c1-37-25-31-52(66-50-23-13-11-21-44(50)46-29-26-41(34-54(46)66)38-15-5-2-6-16-38)48(33-37)57-63-56(40-19-9-4-10-20-40)64-58(65-57)49-36-43(59(60,61)62)28-32-53(49)67-51-24-14-12-22-45(51)47-30-27-42(35-55(47)67)39-17-7-3-8-18-39/h2-36H,1H3. The SMILES string of the molecule is Cc1ccc(-n2c3ccccc3c3ccc(-c4ccccc4)cc32)c(-c2nc(-c3ccccc3)nc(-c3cc(C(F)(F)F)ccc3-n3c4ccccc4c4ccc(-c5ccccc5)cc43)n2)c1. The number of aromatic nitrogens is 5. The van der Waals surface area contributed by atoms with Crippen molar-refractivity contribution in [3.8, 4) is 67.8 Å². The van der Waals surface area contributed by atoms with Crippen LogP contribution in [0.1, 0.15) is 11.1 Å². The van der Waals surface area contributed by atoms with Crippen LogP contribution >= 0.6 is 0 Å². The Hall–Kier alpha value is -8.62. The number of para-hydroxylation sites is 2. The summed E-state index contributed by atoms with van der Waals surface area (Å²) in [5, 5.41) is 4.10. The van der Waals surface area contributed by atoms with E-state index in [-0.39, 0.29) is 11.4 Å².